The number of para-hydroxylation sites is 1. The molecule has 2 unspecified atom stereocenters. The van der Waals surface area contributed by atoms with E-state index in [0.29, 0.717) is 23.2 Å². The molecule has 0 spiro atoms. The van der Waals surface area contributed by atoms with E-state index in [2.05, 4.69) is 21.7 Å². The minimum absolute atomic E-state index is 0.121. The molecule has 6 heteroatoms. The zero-order valence-corrected chi connectivity index (χ0v) is 15.5. The smallest absolute Gasteiger partial charge is 0.191 e. The van der Waals surface area contributed by atoms with E-state index in [-0.39, 0.29) is 12.6 Å². The van der Waals surface area contributed by atoms with Gasteiger partial charge in [-0.25, -0.2) is 0 Å². The Morgan fingerprint density at radius 1 is 1.27 bits per heavy atom. The van der Waals surface area contributed by atoms with Crippen molar-refractivity contribution in [2.75, 3.05) is 19.7 Å². The summed E-state index contributed by atoms with van der Waals surface area (Å²) in [4.78, 5) is 4.54. The number of hydrogen-bond donors (Lipinski definition) is 3. The predicted octanol–water partition coefficient (Wildman–Crippen LogP) is 3.45. The largest absolute Gasteiger partial charge is 0.493 e. The molecular weight excluding hydrogens is 350 g/mol. The number of fused-ring (bicyclic) bond motifs is 1. The van der Waals surface area contributed by atoms with E-state index in [9.17, 15) is 5.11 Å². The van der Waals surface area contributed by atoms with Crippen LogP contribution in [0.2, 0.25) is 5.02 Å². The van der Waals surface area contributed by atoms with Crippen LogP contribution in [-0.2, 0) is 0 Å². The molecule has 138 valence electrons. The van der Waals surface area contributed by atoms with Crippen molar-refractivity contribution in [1.29, 1.82) is 0 Å². The third-order valence-corrected chi connectivity index (χ3v) is 4.64. The number of hydrogen-bond acceptors (Lipinski definition) is 3. The molecule has 0 amide bonds. The first-order chi connectivity index (χ1) is 12.7. The van der Waals surface area contributed by atoms with Crippen molar-refractivity contribution in [3.63, 3.8) is 0 Å². The molecular formula is C20H24ClN3O2. The lowest BCUT2D eigenvalue weighted by atomic mass is 10.0. The number of halogens is 1. The monoisotopic (exact) mass is 373 g/mol. The molecule has 1 aliphatic rings. The number of aliphatic hydroxyl groups excluding tert-OH is 1. The molecule has 26 heavy (non-hydrogen) atoms. The van der Waals surface area contributed by atoms with Gasteiger partial charge < -0.3 is 20.5 Å². The summed E-state index contributed by atoms with van der Waals surface area (Å²) >= 11 is 6.15. The van der Waals surface area contributed by atoms with Gasteiger partial charge in [0.1, 0.15) is 11.9 Å². The van der Waals surface area contributed by atoms with Gasteiger partial charge in [-0.1, -0.05) is 48.0 Å². The number of nitrogens with zero attached hydrogens (tertiary/aromatic N) is 1. The Labute approximate surface area is 159 Å². The molecule has 0 saturated heterocycles. The normalized spacial score (nSPS) is 17.8. The summed E-state index contributed by atoms with van der Waals surface area (Å²) in [5, 5.41) is 17.6. The van der Waals surface area contributed by atoms with E-state index >= 15 is 0 Å². The third kappa shape index (κ3) is 4.48. The maximum Gasteiger partial charge on any atom is 0.191 e. The van der Waals surface area contributed by atoms with E-state index in [0.717, 1.165) is 24.3 Å². The van der Waals surface area contributed by atoms with E-state index in [1.165, 1.54) is 0 Å². The fourth-order valence-corrected chi connectivity index (χ4v) is 3.26. The van der Waals surface area contributed by atoms with E-state index in [4.69, 9.17) is 16.3 Å². The molecule has 0 bridgehead atoms. The Bertz CT molecular complexity index is 766. The van der Waals surface area contributed by atoms with Gasteiger partial charge in [-0.15, -0.1) is 0 Å². The van der Waals surface area contributed by atoms with Crippen molar-refractivity contribution < 1.29 is 9.84 Å². The SMILES string of the molecule is CCNC(=NCC(O)c1ccccc1Cl)NC1CCOc2ccccc21. The minimum atomic E-state index is -0.749. The molecule has 1 heterocycles. The molecule has 1 aliphatic heterocycles. The number of aliphatic imine (C=N–C) groups is 1. The van der Waals surface area contributed by atoms with Gasteiger partial charge >= 0.3 is 0 Å². The van der Waals surface area contributed by atoms with Crippen molar-refractivity contribution in [3.8, 4) is 5.75 Å². The van der Waals surface area contributed by atoms with Crippen LogP contribution in [0.1, 0.15) is 36.6 Å². The molecule has 0 radical (unpaired) electrons. The molecule has 2 aromatic rings. The summed E-state index contributed by atoms with van der Waals surface area (Å²) in [6.07, 6.45) is 0.107. The predicted molar refractivity (Wildman–Crippen MR) is 105 cm³/mol. The molecule has 0 aromatic heterocycles. The van der Waals surface area contributed by atoms with Crippen LogP contribution in [0, 0.1) is 0 Å². The van der Waals surface area contributed by atoms with Crippen molar-refractivity contribution in [2.45, 2.75) is 25.5 Å². The highest BCUT2D eigenvalue weighted by molar-refractivity contribution is 6.31. The highest BCUT2D eigenvalue weighted by atomic mass is 35.5. The van der Waals surface area contributed by atoms with Crippen LogP contribution in [0.3, 0.4) is 0 Å². The summed E-state index contributed by atoms with van der Waals surface area (Å²) < 4.78 is 5.71. The van der Waals surface area contributed by atoms with Gasteiger partial charge in [-0.2, -0.15) is 0 Å². The molecule has 0 saturated carbocycles. The summed E-state index contributed by atoms with van der Waals surface area (Å²) in [6, 6.07) is 15.4. The lowest BCUT2D eigenvalue weighted by molar-refractivity contribution is 0.187. The Hall–Kier alpha value is -2.24. The lowest BCUT2D eigenvalue weighted by Gasteiger charge is -2.28. The van der Waals surface area contributed by atoms with Crippen LogP contribution >= 0.6 is 11.6 Å². The van der Waals surface area contributed by atoms with E-state index in [1.54, 1.807) is 6.07 Å². The Balaban J connectivity index is 1.71. The number of aliphatic hydroxyl groups is 1. The maximum absolute atomic E-state index is 10.4. The van der Waals surface area contributed by atoms with Gasteiger partial charge in [0.15, 0.2) is 5.96 Å². The summed E-state index contributed by atoms with van der Waals surface area (Å²) in [5.41, 5.74) is 1.81. The van der Waals surface area contributed by atoms with Gasteiger partial charge in [0.05, 0.1) is 19.2 Å². The fraction of sp³-hybridized carbons (Fsp3) is 0.350. The molecule has 2 atom stereocenters. The summed E-state index contributed by atoms with van der Waals surface area (Å²) in [5.74, 6) is 1.57. The van der Waals surface area contributed by atoms with Crippen LogP contribution in [0.25, 0.3) is 0 Å². The van der Waals surface area contributed by atoms with E-state index < -0.39 is 6.10 Å². The van der Waals surface area contributed by atoms with Crippen LogP contribution in [-0.4, -0.2) is 30.8 Å². The van der Waals surface area contributed by atoms with Crippen molar-refractivity contribution in [2.24, 2.45) is 4.99 Å². The minimum Gasteiger partial charge on any atom is -0.493 e. The van der Waals surface area contributed by atoms with Crippen LogP contribution in [0.15, 0.2) is 53.5 Å². The molecule has 5 nitrogen and oxygen atoms in total. The third-order valence-electron chi connectivity index (χ3n) is 4.30. The average molecular weight is 374 g/mol. The standard InChI is InChI=1S/C20H24ClN3O2/c1-2-22-20(23-13-18(25)14-7-3-5-9-16(14)21)24-17-11-12-26-19-10-6-4-8-15(17)19/h3-10,17-18,25H,2,11-13H2,1H3,(H2,22,23,24). The van der Waals surface area contributed by atoms with Crippen molar-refractivity contribution >= 4 is 17.6 Å². The Morgan fingerprint density at radius 2 is 2.04 bits per heavy atom. The fourth-order valence-electron chi connectivity index (χ4n) is 3.00. The Kier molecular flexibility index (Phi) is 6.36. The second-order valence-electron chi connectivity index (χ2n) is 6.13. The number of nitrogens with one attached hydrogen (secondary N) is 2. The highest BCUT2D eigenvalue weighted by Gasteiger charge is 2.22. The van der Waals surface area contributed by atoms with Gasteiger partial charge in [-0.3, -0.25) is 4.99 Å². The van der Waals surface area contributed by atoms with Crippen molar-refractivity contribution in [1.82, 2.24) is 10.6 Å². The number of ether oxygens (including phenoxy) is 1. The van der Waals surface area contributed by atoms with E-state index in [1.807, 2.05) is 43.3 Å². The first-order valence-corrected chi connectivity index (χ1v) is 9.26. The summed E-state index contributed by atoms with van der Waals surface area (Å²) in [6.45, 7) is 3.64. The number of benzene rings is 2. The molecule has 3 N–H and O–H groups in total. The number of rotatable bonds is 5. The quantitative estimate of drug-likeness (QED) is 0.554. The highest BCUT2D eigenvalue weighted by Crippen LogP contribution is 2.31. The first kappa shape index (κ1) is 18.5. The van der Waals surface area contributed by atoms with Gasteiger partial charge in [-0.05, 0) is 19.1 Å². The first-order valence-electron chi connectivity index (χ1n) is 8.88. The van der Waals surface area contributed by atoms with Crippen molar-refractivity contribution in [3.05, 3.63) is 64.7 Å². The molecule has 3 rings (SSSR count). The van der Waals surface area contributed by atoms with Crippen LogP contribution < -0.4 is 15.4 Å². The molecule has 2 aromatic carbocycles. The summed E-state index contributed by atoms with van der Waals surface area (Å²) in [7, 11) is 0. The second kappa shape index (κ2) is 8.92. The topological polar surface area (TPSA) is 65.9 Å². The Morgan fingerprint density at radius 3 is 2.85 bits per heavy atom. The lowest BCUT2D eigenvalue weighted by Crippen LogP contribution is -2.41. The van der Waals surface area contributed by atoms with Gasteiger partial charge in [0.25, 0.3) is 0 Å². The maximum atomic E-state index is 10.4. The number of guanidine groups is 1. The average Bonchev–Trinajstić information content (AvgIpc) is 2.66. The van der Waals surface area contributed by atoms with Crippen LogP contribution in [0.5, 0.6) is 5.75 Å². The zero-order chi connectivity index (χ0) is 18.4. The van der Waals surface area contributed by atoms with Gasteiger partial charge in [0, 0.05) is 29.1 Å². The molecule has 0 aliphatic carbocycles. The van der Waals surface area contributed by atoms with Crippen LogP contribution in [0.4, 0.5) is 0 Å². The van der Waals surface area contributed by atoms with Gasteiger partial charge in [0.2, 0.25) is 0 Å². The molecule has 0 fully saturated rings. The zero-order valence-electron chi connectivity index (χ0n) is 14.8. The second-order valence-corrected chi connectivity index (χ2v) is 6.54.